The number of aliphatic hydroxyl groups is 1. The van der Waals surface area contributed by atoms with Crippen LogP contribution in [0.3, 0.4) is 0 Å². The first kappa shape index (κ1) is 14.4. The third-order valence-corrected chi connectivity index (χ3v) is 4.19. The Balaban J connectivity index is 2.02. The van der Waals surface area contributed by atoms with E-state index in [1.807, 2.05) is 12.4 Å². The topological polar surface area (TPSA) is 50.1 Å². The Morgan fingerprint density at radius 2 is 2.11 bits per heavy atom. The molecule has 0 saturated heterocycles. The van der Waals surface area contributed by atoms with Crippen LogP contribution in [-0.2, 0) is 6.54 Å². The van der Waals surface area contributed by atoms with E-state index in [0.717, 1.165) is 5.69 Å². The summed E-state index contributed by atoms with van der Waals surface area (Å²) in [5.74, 6) is 0.711. The van der Waals surface area contributed by atoms with Crippen molar-refractivity contribution in [2.24, 2.45) is 11.3 Å². The van der Waals surface area contributed by atoms with Gasteiger partial charge in [-0.05, 0) is 24.2 Å². The van der Waals surface area contributed by atoms with E-state index in [4.69, 9.17) is 5.11 Å². The minimum Gasteiger partial charge on any atom is -0.394 e. The van der Waals surface area contributed by atoms with E-state index in [1.54, 1.807) is 4.68 Å². The van der Waals surface area contributed by atoms with E-state index in [0.29, 0.717) is 23.9 Å². The SMILES string of the molecule is CC(C)(C)C1CCCCC1Nc1cnn(CCO)c1. The highest BCUT2D eigenvalue weighted by Crippen LogP contribution is 2.39. The largest absolute Gasteiger partial charge is 0.394 e. The van der Waals surface area contributed by atoms with Crippen LogP contribution in [0.5, 0.6) is 0 Å². The van der Waals surface area contributed by atoms with Gasteiger partial charge in [-0.2, -0.15) is 5.10 Å². The van der Waals surface area contributed by atoms with Crippen molar-refractivity contribution >= 4 is 5.69 Å². The molecule has 0 spiro atoms. The predicted molar refractivity (Wildman–Crippen MR) is 78.1 cm³/mol. The maximum absolute atomic E-state index is 8.92. The minimum atomic E-state index is 0.134. The highest BCUT2D eigenvalue weighted by molar-refractivity contribution is 5.39. The second-order valence-corrected chi connectivity index (χ2v) is 6.72. The number of rotatable bonds is 4. The number of hydrogen-bond donors (Lipinski definition) is 2. The molecule has 2 unspecified atom stereocenters. The predicted octanol–water partition coefficient (Wildman–Crippen LogP) is 2.89. The standard InChI is InChI=1S/C15H27N3O/c1-15(2,3)13-6-4-5-7-14(13)17-12-10-16-18(11-12)8-9-19/h10-11,13-14,17,19H,4-9H2,1-3H3. The quantitative estimate of drug-likeness (QED) is 0.880. The van der Waals surface area contributed by atoms with Crippen LogP contribution in [0.15, 0.2) is 12.4 Å². The Bertz CT molecular complexity index is 394. The number of anilines is 1. The van der Waals surface area contributed by atoms with Crippen LogP contribution in [0.2, 0.25) is 0 Å². The Morgan fingerprint density at radius 1 is 1.37 bits per heavy atom. The molecule has 2 atom stereocenters. The van der Waals surface area contributed by atoms with Crippen molar-refractivity contribution in [2.45, 2.75) is 59.0 Å². The summed E-state index contributed by atoms with van der Waals surface area (Å²) in [7, 11) is 0. The van der Waals surface area contributed by atoms with Gasteiger partial charge in [-0.15, -0.1) is 0 Å². The van der Waals surface area contributed by atoms with E-state index >= 15 is 0 Å². The van der Waals surface area contributed by atoms with Gasteiger partial charge in [-0.3, -0.25) is 4.68 Å². The van der Waals surface area contributed by atoms with Crippen molar-refractivity contribution in [3.05, 3.63) is 12.4 Å². The molecule has 2 rings (SSSR count). The summed E-state index contributed by atoms with van der Waals surface area (Å²) >= 11 is 0. The lowest BCUT2D eigenvalue weighted by atomic mass is 9.69. The van der Waals surface area contributed by atoms with E-state index in [-0.39, 0.29) is 6.61 Å². The van der Waals surface area contributed by atoms with Crippen molar-refractivity contribution in [3.63, 3.8) is 0 Å². The average molecular weight is 265 g/mol. The van der Waals surface area contributed by atoms with E-state index < -0.39 is 0 Å². The van der Waals surface area contributed by atoms with Gasteiger partial charge in [-0.25, -0.2) is 0 Å². The van der Waals surface area contributed by atoms with Crippen LogP contribution in [0, 0.1) is 11.3 Å². The molecule has 0 aromatic carbocycles. The van der Waals surface area contributed by atoms with Gasteiger partial charge in [0.15, 0.2) is 0 Å². The molecule has 108 valence electrons. The first-order chi connectivity index (χ1) is 9.00. The van der Waals surface area contributed by atoms with Crippen LogP contribution in [-0.4, -0.2) is 27.5 Å². The fourth-order valence-electron chi connectivity index (χ4n) is 3.22. The van der Waals surface area contributed by atoms with Gasteiger partial charge in [0.25, 0.3) is 0 Å². The maximum atomic E-state index is 8.92. The van der Waals surface area contributed by atoms with Crippen LogP contribution < -0.4 is 5.32 Å². The lowest BCUT2D eigenvalue weighted by molar-refractivity contribution is 0.163. The summed E-state index contributed by atoms with van der Waals surface area (Å²) < 4.78 is 1.79. The van der Waals surface area contributed by atoms with Crippen molar-refractivity contribution in [1.82, 2.24) is 9.78 Å². The van der Waals surface area contributed by atoms with Crippen LogP contribution >= 0.6 is 0 Å². The third kappa shape index (κ3) is 3.72. The monoisotopic (exact) mass is 265 g/mol. The van der Waals surface area contributed by atoms with Crippen LogP contribution in [0.4, 0.5) is 5.69 Å². The van der Waals surface area contributed by atoms with Crippen molar-refractivity contribution in [3.8, 4) is 0 Å². The molecule has 0 aliphatic heterocycles. The third-order valence-electron chi connectivity index (χ3n) is 4.19. The number of aliphatic hydroxyl groups excluding tert-OH is 1. The summed E-state index contributed by atoms with van der Waals surface area (Å²) in [5.41, 5.74) is 1.42. The second-order valence-electron chi connectivity index (χ2n) is 6.72. The molecule has 1 heterocycles. The highest BCUT2D eigenvalue weighted by atomic mass is 16.3. The molecule has 1 aliphatic carbocycles. The number of nitrogens with zero attached hydrogens (tertiary/aromatic N) is 2. The number of nitrogens with one attached hydrogen (secondary N) is 1. The Labute approximate surface area is 116 Å². The molecule has 4 nitrogen and oxygen atoms in total. The van der Waals surface area contributed by atoms with Gasteiger partial charge in [0.2, 0.25) is 0 Å². The van der Waals surface area contributed by atoms with Crippen LogP contribution in [0.25, 0.3) is 0 Å². The molecule has 1 fully saturated rings. The van der Waals surface area contributed by atoms with Gasteiger partial charge >= 0.3 is 0 Å². The van der Waals surface area contributed by atoms with Gasteiger partial charge in [0, 0.05) is 12.2 Å². The molecule has 2 N–H and O–H groups in total. The maximum Gasteiger partial charge on any atom is 0.0728 e. The molecule has 4 heteroatoms. The fraction of sp³-hybridized carbons (Fsp3) is 0.800. The van der Waals surface area contributed by atoms with Crippen LogP contribution in [0.1, 0.15) is 46.5 Å². The first-order valence-electron chi connectivity index (χ1n) is 7.40. The lowest BCUT2D eigenvalue weighted by Crippen LogP contribution is -2.39. The summed E-state index contributed by atoms with van der Waals surface area (Å²) in [4.78, 5) is 0. The molecule has 0 radical (unpaired) electrons. The van der Waals surface area contributed by atoms with E-state index in [2.05, 4.69) is 31.2 Å². The normalized spacial score (nSPS) is 24.4. The zero-order chi connectivity index (χ0) is 13.9. The van der Waals surface area contributed by atoms with Crippen molar-refractivity contribution in [1.29, 1.82) is 0 Å². The molecule has 19 heavy (non-hydrogen) atoms. The minimum absolute atomic E-state index is 0.134. The van der Waals surface area contributed by atoms with E-state index in [1.165, 1.54) is 25.7 Å². The lowest BCUT2D eigenvalue weighted by Gasteiger charge is -2.41. The molecule has 1 aromatic rings. The van der Waals surface area contributed by atoms with Gasteiger partial charge in [0.1, 0.15) is 0 Å². The van der Waals surface area contributed by atoms with Gasteiger partial charge in [0.05, 0.1) is 25.0 Å². The molecule has 1 aliphatic rings. The molecule has 1 saturated carbocycles. The Kier molecular flexibility index (Phi) is 4.50. The Morgan fingerprint density at radius 3 is 2.79 bits per heavy atom. The highest BCUT2D eigenvalue weighted by Gasteiger charge is 2.34. The van der Waals surface area contributed by atoms with E-state index in [9.17, 15) is 0 Å². The Hall–Kier alpha value is -1.03. The zero-order valence-corrected chi connectivity index (χ0v) is 12.4. The summed E-state index contributed by atoms with van der Waals surface area (Å²) in [6, 6.07) is 0.542. The van der Waals surface area contributed by atoms with Crippen molar-refractivity contribution in [2.75, 3.05) is 11.9 Å². The fourth-order valence-corrected chi connectivity index (χ4v) is 3.22. The number of aromatic nitrogens is 2. The van der Waals surface area contributed by atoms with Gasteiger partial charge < -0.3 is 10.4 Å². The second kappa shape index (κ2) is 5.95. The zero-order valence-electron chi connectivity index (χ0n) is 12.4. The summed E-state index contributed by atoms with van der Waals surface area (Å²) in [5, 5.41) is 16.8. The number of hydrogen-bond acceptors (Lipinski definition) is 3. The summed E-state index contributed by atoms with van der Waals surface area (Å²) in [6.07, 6.45) is 9.08. The van der Waals surface area contributed by atoms with Gasteiger partial charge in [-0.1, -0.05) is 33.6 Å². The first-order valence-corrected chi connectivity index (χ1v) is 7.40. The average Bonchev–Trinajstić information content (AvgIpc) is 2.76. The molecular formula is C15H27N3O. The molecule has 1 aromatic heterocycles. The molecule has 0 bridgehead atoms. The summed E-state index contributed by atoms with van der Waals surface area (Å²) in [6.45, 7) is 7.72. The smallest absolute Gasteiger partial charge is 0.0728 e. The molecular weight excluding hydrogens is 238 g/mol. The molecule has 0 amide bonds. The van der Waals surface area contributed by atoms with Crippen molar-refractivity contribution < 1.29 is 5.11 Å².